The normalized spacial score (nSPS) is 10.7. The van der Waals surface area contributed by atoms with E-state index >= 15 is 0 Å². The molecule has 0 saturated heterocycles. The van der Waals surface area contributed by atoms with E-state index in [0.717, 1.165) is 17.4 Å². The zero-order valence-electron chi connectivity index (χ0n) is 11.0. The van der Waals surface area contributed by atoms with Crippen LogP contribution in [0.5, 0.6) is 0 Å². The molecule has 0 aliphatic heterocycles. The lowest BCUT2D eigenvalue weighted by molar-refractivity contribution is -0.134. The molecule has 0 fully saturated rings. The third-order valence-electron chi connectivity index (χ3n) is 2.81. The van der Waals surface area contributed by atoms with Gasteiger partial charge in [-0.1, -0.05) is 24.3 Å². The van der Waals surface area contributed by atoms with Crippen LogP contribution in [0, 0.1) is 0 Å². The standard InChI is InChI=1S/C15H14N2O3/c1-20-15(19)7-6-12-2-4-13(5-3-12)9-17-11-16-8-14(17)10-18/h2-8,10-11H,9H2,1H3/b7-6+. The number of hydrogen-bond acceptors (Lipinski definition) is 4. The zero-order valence-corrected chi connectivity index (χ0v) is 11.0. The molecule has 0 amide bonds. The SMILES string of the molecule is COC(=O)/C=C/c1ccc(Cn2cncc2C=O)cc1. The lowest BCUT2D eigenvalue weighted by Crippen LogP contribution is -2.02. The second-order valence-electron chi connectivity index (χ2n) is 4.16. The Kier molecular flexibility index (Phi) is 4.44. The van der Waals surface area contributed by atoms with Crippen molar-refractivity contribution in [3.8, 4) is 0 Å². The van der Waals surface area contributed by atoms with Crippen molar-refractivity contribution in [3.05, 3.63) is 59.7 Å². The molecule has 0 unspecified atom stereocenters. The molecule has 0 aliphatic carbocycles. The molecule has 20 heavy (non-hydrogen) atoms. The average Bonchev–Trinajstić information content (AvgIpc) is 2.93. The van der Waals surface area contributed by atoms with Gasteiger partial charge < -0.3 is 9.30 Å². The average molecular weight is 270 g/mol. The van der Waals surface area contributed by atoms with E-state index in [4.69, 9.17) is 0 Å². The lowest BCUT2D eigenvalue weighted by atomic mass is 10.1. The second kappa shape index (κ2) is 6.47. The van der Waals surface area contributed by atoms with Gasteiger partial charge in [-0.05, 0) is 17.2 Å². The van der Waals surface area contributed by atoms with Gasteiger partial charge in [0, 0.05) is 12.6 Å². The Morgan fingerprint density at radius 3 is 2.75 bits per heavy atom. The van der Waals surface area contributed by atoms with Gasteiger partial charge in [0.1, 0.15) is 5.69 Å². The van der Waals surface area contributed by atoms with Crippen LogP contribution in [0.2, 0.25) is 0 Å². The smallest absolute Gasteiger partial charge is 0.330 e. The number of ether oxygens (including phenoxy) is 1. The summed E-state index contributed by atoms with van der Waals surface area (Å²) in [5, 5.41) is 0. The molecule has 0 spiro atoms. The highest BCUT2D eigenvalue weighted by molar-refractivity contribution is 5.86. The van der Waals surface area contributed by atoms with Gasteiger partial charge in [-0.25, -0.2) is 9.78 Å². The maximum absolute atomic E-state index is 11.0. The topological polar surface area (TPSA) is 61.2 Å². The van der Waals surface area contributed by atoms with Crippen molar-refractivity contribution in [2.75, 3.05) is 7.11 Å². The van der Waals surface area contributed by atoms with Crippen molar-refractivity contribution < 1.29 is 14.3 Å². The molecule has 0 N–H and O–H groups in total. The number of esters is 1. The van der Waals surface area contributed by atoms with Crippen molar-refractivity contribution in [2.45, 2.75) is 6.54 Å². The van der Waals surface area contributed by atoms with Crippen molar-refractivity contribution in [3.63, 3.8) is 0 Å². The van der Waals surface area contributed by atoms with Crippen LogP contribution < -0.4 is 0 Å². The second-order valence-corrected chi connectivity index (χ2v) is 4.16. The first-order valence-corrected chi connectivity index (χ1v) is 6.03. The predicted octanol–water partition coefficient (Wildman–Crippen LogP) is 1.93. The Morgan fingerprint density at radius 1 is 1.35 bits per heavy atom. The van der Waals surface area contributed by atoms with Gasteiger partial charge in [0.15, 0.2) is 6.29 Å². The van der Waals surface area contributed by atoms with E-state index in [1.54, 1.807) is 17.0 Å². The zero-order chi connectivity index (χ0) is 14.4. The Bertz CT molecular complexity index is 627. The Hall–Kier alpha value is -2.69. The van der Waals surface area contributed by atoms with Crippen molar-refractivity contribution in [1.82, 2.24) is 9.55 Å². The van der Waals surface area contributed by atoms with Crippen LogP contribution in [-0.4, -0.2) is 28.9 Å². The van der Waals surface area contributed by atoms with E-state index in [-0.39, 0.29) is 5.97 Å². The maximum atomic E-state index is 11.0. The molecule has 5 nitrogen and oxygen atoms in total. The third-order valence-corrected chi connectivity index (χ3v) is 2.81. The molecule has 102 valence electrons. The molecule has 0 bridgehead atoms. The Labute approximate surface area is 116 Å². The summed E-state index contributed by atoms with van der Waals surface area (Å²) in [5.74, 6) is -0.386. The fourth-order valence-corrected chi connectivity index (χ4v) is 1.72. The van der Waals surface area contributed by atoms with Gasteiger partial charge >= 0.3 is 5.97 Å². The fraction of sp³-hybridized carbons (Fsp3) is 0.133. The quantitative estimate of drug-likeness (QED) is 0.473. The van der Waals surface area contributed by atoms with Crippen LogP contribution in [0.3, 0.4) is 0 Å². The summed E-state index contributed by atoms with van der Waals surface area (Å²) in [6.45, 7) is 0.578. The van der Waals surface area contributed by atoms with Crippen molar-refractivity contribution >= 4 is 18.3 Å². The first kappa shape index (κ1) is 13.7. The molecule has 0 radical (unpaired) electrons. The van der Waals surface area contributed by atoms with E-state index in [1.807, 2.05) is 24.3 Å². The van der Waals surface area contributed by atoms with Gasteiger partial charge in [-0.15, -0.1) is 0 Å². The molecule has 2 rings (SSSR count). The van der Waals surface area contributed by atoms with Crippen LogP contribution in [-0.2, 0) is 16.1 Å². The van der Waals surface area contributed by atoms with Crippen molar-refractivity contribution in [1.29, 1.82) is 0 Å². The summed E-state index contributed by atoms with van der Waals surface area (Å²) < 4.78 is 6.29. The fourth-order valence-electron chi connectivity index (χ4n) is 1.72. The van der Waals surface area contributed by atoms with E-state index in [9.17, 15) is 9.59 Å². The van der Waals surface area contributed by atoms with E-state index in [2.05, 4.69) is 9.72 Å². The van der Waals surface area contributed by atoms with Gasteiger partial charge in [0.2, 0.25) is 0 Å². The highest BCUT2D eigenvalue weighted by Crippen LogP contribution is 2.09. The molecule has 0 aliphatic rings. The number of imidazole rings is 1. The molecule has 0 atom stereocenters. The molecular formula is C15H14N2O3. The van der Waals surface area contributed by atoms with Crippen LogP contribution in [0.1, 0.15) is 21.6 Å². The summed E-state index contributed by atoms with van der Waals surface area (Å²) in [6.07, 6.45) is 6.98. The monoisotopic (exact) mass is 270 g/mol. The number of benzene rings is 1. The van der Waals surface area contributed by atoms with Gasteiger partial charge in [-0.3, -0.25) is 4.79 Å². The molecule has 1 aromatic heterocycles. The number of rotatable bonds is 5. The maximum Gasteiger partial charge on any atom is 0.330 e. The Morgan fingerprint density at radius 2 is 2.10 bits per heavy atom. The highest BCUT2D eigenvalue weighted by atomic mass is 16.5. The summed E-state index contributed by atoms with van der Waals surface area (Å²) in [5.41, 5.74) is 2.49. The minimum absolute atomic E-state index is 0.386. The Balaban J connectivity index is 2.07. The molecular weight excluding hydrogens is 256 g/mol. The van der Waals surface area contributed by atoms with Crippen molar-refractivity contribution in [2.24, 2.45) is 0 Å². The minimum atomic E-state index is -0.386. The summed E-state index contributed by atoms with van der Waals surface area (Å²) in [4.78, 5) is 25.7. The third kappa shape index (κ3) is 3.41. The number of hydrogen-bond donors (Lipinski definition) is 0. The number of nitrogens with zero attached hydrogens (tertiary/aromatic N) is 2. The molecule has 0 saturated carbocycles. The number of carbonyl (C=O) groups excluding carboxylic acids is 2. The lowest BCUT2D eigenvalue weighted by Gasteiger charge is -2.05. The van der Waals surface area contributed by atoms with Crippen LogP contribution >= 0.6 is 0 Å². The van der Waals surface area contributed by atoms with E-state index in [1.165, 1.54) is 19.4 Å². The van der Waals surface area contributed by atoms with E-state index in [0.29, 0.717) is 12.2 Å². The number of carbonyl (C=O) groups is 2. The van der Waals surface area contributed by atoms with Gasteiger partial charge in [0.25, 0.3) is 0 Å². The van der Waals surface area contributed by atoms with Crippen LogP contribution in [0.15, 0.2) is 42.9 Å². The molecule has 1 aromatic carbocycles. The first-order valence-electron chi connectivity index (χ1n) is 6.03. The van der Waals surface area contributed by atoms with Gasteiger partial charge in [0.05, 0.1) is 19.6 Å². The summed E-state index contributed by atoms with van der Waals surface area (Å²) >= 11 is 0. The summed E-state index contributed by atoms with van der Waals surface area (Å²) in [6, 6.07) is 7.66. The van der Waals surface area contributed by atoms with Crippen LogP contribution in [0.4, 0.5) is 0 Å². The number of aromatic nitrogens is 2. The molecule has 2 aromatic rings. The number of methoxy groups -OCH3 is 1. The first-order chi connectivity index (χ1) is 9.72. The minimum Gasteiger partial charge on any atom is -0.466 e. The number of aldehydes is 1. The van der Waals surface area contributed by atoms with Gasteiger partial charge in [-0.2, -0.15) is 0 Å². The highest BCUT2D eigenvalue weighted by Gasteiger charge is 2.01. The largest absolute Gasteiger partial charge is 0.466 e. The molecule has 5 heteroatoms. The molecule has 1 heterocycles. The predicted molar refractivity (Wildman–Crippen MR) is 74.2 cm³/mol. The van der Waals surface area contributed by atoms with E-state index < -0.39 is 0 Å². The summed E-state index contributed by atoms with van der Waals surface area (Å²) in [7, 11) is 1.34. The van der Waals surface area contributed by atoms with Crippen LogP contribution in [0.25, 0.3) is 6.08 Å².